The van der Waals surface area contributed by atoms with E-state index in [2.05, 4.69) is 5.10 Å². The normalized spacial score (nSPS) is 16.6. The zero-order valence-electron chi connectivity index (χ0n) is 18.9. The number of carbonyl (C=O) groups is 2. The number of carbonyl (C=O) groups excluding carboxylic acids is 2. The number of benzene rings is 2. The SMILES string of the molecule is COCC(=O)c1nn(-c2cccc(C(=O)N3CCCCC3)c2)c2c1CS(=O)(=O)c1ccccc1-2. The zero-order valence-corrected chi connectivity index (χ0v) is 19.7. The summed E-state index contributed by atoms with van der Waals surface area (Å²) in [5.41, 5.74) is 2.58. The summed E-state index contributed by atoms with van der Waals surface area (Å²) < 4.78 is 32.6. The van der Waals surface area contributed by atoms with Gasteiger partial charge in [-0.25, -0.2) is 13.1 Å². The fraction of sp³-hybridized carbons (Fsp3) is 0.320. The van der Waals surface area contributed by atoms with Crippen molar-refractivity contribution in [3.63, 3.8) is 0 Å². The van der Waals surface area contributed by atoms with E-state index in [0.29, 0.717) is 28.1 Å². The highest BCUT2D eigenvalue weighted by molar-refractivity contribution is 7.90. The van der Waals surface area contributed by atoms with Gasteiger partial charge in [0, 0.05) is 36.9 Å². The van der Waals surface area contributed by atoms with Gasteiger partial charge in [0.1, 0.15) is 12.3 Å². The minimum absolute atomic E-state index is 0.0405. The van der Waals surface area contributed by atoms with Crippen LogP contribution in [-0.4, -0.2) is 61.6 Å². The maximum Gasteiger partial charge on any atom is 0.253 e. The Kier molecular flexibility index (Phi) is 5.83. The number of hydrogen-bond donors (Lipinski definition) is 0. The summed E-state index contributed by atoms with van der Waals surface area (Å²) in [7, 11) is -2.23. The van der Waals surface area contributed by atoms with E-state index in [4.69, 9.17) is 4.74 Å². The highest BCUT2D eigenvalue weighted by Gasteiger charge is 2.35. The molecule has 8 nitrogen and oxygen atoms in total. The molecule has 0 spiro atoms. The molecular weight excluding hydrogens is 454 g/mol. The molecule has 0 aliphatic carbocycles. The van der Waals surface area contributed by atoms with Crippen LogP contribution in [0.2, 0.25) is 0 Å². The first-order valence-corrected chi connectivity index (χ1v) is 12.9. The summed E-state index contributed by atoms with van der Waals surface area (Å²) in [6.07, 6.45) is 3.12. The van der Waals surface area contributed by atoms with Gasteiger partial charge in [-0.3, -0.25) is 9.59 Å². The molecule has 1 aromatic heterocycles. The van der Waals surface area contributed by atoms with Crippen LogP contribution in [0.25, 0.3) is 16.9 Å². The van der Waals surface area contributed by atoms with E-state index >= 15 is 0 Å². The van der Waals surface area contributed by atoms with Crippen molar-refractivity contribution in [1.82, 2.24) is 14.7 Å². The van der Waals surface area contributed by atoms with Crippen molar-refractivity contribution in [1.29, 1.82) is 0 Å². The van der Waals surface area contributed by atoms with Gasteiger partial charge in [0.05, 0.1) is 22.0 Å². The smallest absolute Gasteiger partial charge is 0.253 e. The van der Waals surface area contributed by atoms with E-state index in [1.54, 1.807) is 53.2 Å². The molecule has 2 aliphatic rings. The molecule has 2 aliphatic heterocycles. The largest absolute Gasteiger partial charge is 0.376 e. The van der Waals surface area contributed by atoms with E-state index < -0.39 is 15.6 Å². The van der Waals surface area contributed by atoms with Crippen molar-refractivity contribution >= 4 is 21.5 Å². The summed E-state index contributed by atoms with van der Waals surface area (Å²) in [6, 6.07) is 13.8. The Hall–Kier alpha value is -3.30. The summed E-state index contributed by atoms with van der Waals surface area (Å²) in [5, 5.41) is 4.56. The van der Waals surface area contributed by atoms with E-state index in [0.717, 1.165) is 32.4 Å². The summed E-state index contributed by atoms with van der Waals surface area (Å²) in [4.78, 5) is 28.0. The summed E-state index contributed by atoms with van der Waals surface area (Å²) in [6.45, 7) is 1.26. The number of piperidine rings is 1. The topological polar surface area (TPSA) is 98.6 Å². The van der Waals surface area contributed by atoms with Crippen LogP contribution in [0.1, 0.15) is 45.7 Å². The maximum atomic E-state index is 13.1. The molecule has 1 amide bonds. The van der Waals surface area contributed by atoms with Gasteiger partial charge in [-0.1, -0.05) is 24.3 Å². The summed E-state index contributed by atoms with van der Waals surface area (Å²) in [5.74, 6) is -0.759. The van der Waals surface area contributed by atoms with Crippen molar-refractivity contribution < 1.29 is 22.7 Å². The molecule has 5 rings (SSSR count). The number of likely N-dealkylation sites (tertiary alicyclic amines) is 1. The fourth-order valence-electron chi connectivity index (χ4n) is 4.73. The van der Waals surface area contributed by atoms with Crippen LogP contribution in [0.4, 0.5) is 0 Å². The predicted molar refractivity (Wildman–Crippen MR) is 126 cm³/mol. The third kappa shape index (κ3) is 3.84. The van der Waals surface area contributed by atoms with Crippen LogP contribution in [0, 0.1) is 0 Å². The van der Waals surface area contributed by atoms with Crippen LogP contribution in [0.15, 0.2) is 53.4 Å². The molecule has 9 heteroatoms. The van der Waals surface area contributed by atoms with Crippen LogP contribution in [0.5, 0.6) is 0 Å². The second kappa shape index (κ2) is 8.81. The molecule has 0 N–H and O–H groups in total. The Balaban J connectivity index is 1.67. The number of hydrogen-bond acceptors (Lipinski definition) is 6. The summed E-state index contributed by atoms with van der Waals surface area (Å²) >= 11 is 0. The molecule has 0 radical (unpaired) electrons. The Labute approximate surface area is 198 Å². The molecular formula is C25H25N3O5S. The first-order chi connectivity index (χ1) is 16.4. The molecule has 3 heterocycles. The minimum atomic E-state index is -3.64. The van der Waals surface area contributed by atoms with Gasteiger partial charge in [0.25, 0.3) is 5.91 Å². The lowest BCUT2D eigenvalue weighted by Gasteiger charge is -2.27. The first-order valence-electron chi connectivity index (χ1n) is 11.3. The molecule has 34 heavy (non-hydrogen) atoms. The van der Waals surface area contributed by atoms with Crippen molar-refractivity contribution in [2.75, 3.05) is 26.8 Å². The van der Waals surface area contributed by atoms with Crippen LogP contribution in [0.3, 0.4) is 0 Å². The second-order valence-corrected chi connectivity index (χ2v) is 10.6. The van der Waals surface area contributed by atoms with Crippen LogP contribution < -0.4 is 0 Å². The number of sulfone groups is 1. The molecule has 2 aromatic carbocycles. The van der Waals surface area contributed by atoms with Gasteiger partial charge in [0.2, 0.25) is 5.78 Å². The average molecular weight is 480 g/mol. The number of fused-ring (bicyclic) bond motifs is 3. The average Bonchev–Trinajstić information content (AvgIpc) is 3.23. The van der Waals surface area contributed by atoms with Gasteiger partial charge in [-0.05, 0) is 43.5 Å². The number of ketones is 1. The molecule has 1 fully saturated rings. The molecule has 0 unspecified atom stereocenters. The number of methoxy groups -OCH3 is 1. The molecule has 0 atom stereocenters. The molecule has 0 saturated carbocycles. The Morgan fingerprint density at radius 1 is 1.03 bits per heavy atom. The highest BCUT2D eigenvalue weighted by Crippen LogP contribution is 2.40. The number of nitrogens with zero attached hydrogens (tertiary/aromatic N) is 3. The lowest BCUT2D eigenvalue weighted by atomic mass is 10.0. The Bertz CT molecular complexity index is 1390. The van der Waals surface area contributed by atoms with Gasteiger partial charge < -0.3 is 9.64 Å². The Morgan fingerprint density at radius 3 is 2.56 bits per heavy atom. The Morgan fingerprint density at radius 2 is 1.79 bits per heavy atom. The predicted octanol–water partition coefficient (Wildman–Crippen LogP) is 3.28. The van der Waals surface area contributed by atoms with Crippen molar-refractivity contribution in [2.24, 2.45) is 0 Å². The highest BCUT2D eigenvalue weighted by atomic mass is 32.2. The molecule has 176 valence electrons. The quantitative estimate of drug-likeness (QED) is 0.521. The third-order valence-corrected chi connectivity index (χ3v) is 8.01. The lowest BCUT2D eigenvalue weighted by Crippen LogP contribution is -2.35. The van der Waals surface area contributed by atoms with Gasteiger partial charge >= 0.3 is 0 Å². The van der Waals surface area contributed by atoms with Crippen LogP contribution in [-0.2, 0) is 20.3 Å². The number of aromatic nitrogens is 2. The van der Waals surface area contributed by atoms with Gasteiger partial charge in [-0.15, -0.1) is 0 Å². The zero-order chi connectivity index (χ0) is 23.9. The third-order valence-electron chi connectivity index (χ3n) is 6.32. The van der Waals surface area contributed by atoms with E-state index in [-0.39, 0.29) is 28.9 Å². The van der Waals surface area contributed by atoms with E-state index in [9.17, 15) is 18.0 Å². The number of amides is 1. The van der Waals surface area contributed by atoms with Gasteiger partial charge in [0.15, 0.2) is 9.84 Å². The van der Waals surface area contributed by atoms with Crippen molar-refractivity contribution in [2.45, 2.75) is 29.9 Å². The number of rotatable bonds is 5. The van der Waals surface area contributed by atoms with Crippen molar-refractivity contribution in [3.8, 4) is 16.9 Å². The molecule has 3 aromatic rings. The van der Waals surface area contributed by atoms with E-state index in [1.165, 1.54) is 7.11 Å². The lowest BCUT2D eigenvalue weighted by molar-refractivity contribution is 0.0724. The fourth-order valence-corrected chi connectivity index (χ4v) is 6.32. The van der Waals surface area contributed by atoms with Gasteiger partial charge in [-0.2, -0.15) is 5.10 Å². The standard InChI is InChI=1S/C25H25N3O5S/c1-33-15-21(29)23-20-16-34(31,32)22-11-4-3-10-19(22)24(20)28(26-23)18-9-7-8-17(14-18)25(30)27-12-5-2-6-13-27/h3-4,7-11,14H,2,5-6,12-13,15-16H2,1H3. The molecule has 0 bridgehead atoms. The monoisotopic (exact) mass is 479 g/mol. The molecule has 1 saturated heterocycles. The first kappa shape index (κ1) is 22.5. The minimum Gasteiger partial charge on any atom is -0.376 e. The number of ether oxygens (including phenoxy) is 1. The van der Waals surface area contributed by atoms with Crippen molar-refractivity contribution in [3.05, 3.63) is 65.4 Å². The maximum absolute atomic E-state index is 13.1. The van der Waals surface area contributed by atoms with E-state index in [1.807, 2.05) is 4.90 Å². The van der Waals surface area contributed by atoms with Crippen LogP contribution >= 0.6 is 0 Å². The second-order valence-electron chi connectivity index (χ2n) is 8.60. The number of Topliss-reactive ketones (excluding diaryl/α,β-unsaturated/α-hetero) is 1.